The summed E-state index contributed by atoms with van der Waals surface area (Å²) in [4.78, 5) is 12.1. The maximum Gasteiger partial charge on any atom is 0.387 e. The van der Waals surface area contributed by atoms with E-state index in [0.717, 1.165) is 12.1 Å². The highest BCUT2D eigenvalue weighted by Crippen LogP contribution is 2.27. The van der Waals surface area contributed by atoms with Gasteiger partial charge in [0.25, 0.3) is 0 Å². The molecular weight excluding hydrogens is 340 g/mol. The summed E-state index contributed by atoms with van der Waals surface area (Å²) in [6, 6.07) is 6.42. The van der Waals surface area contributed by atoms with Gasteiger partial charge < -0.3 is 15.4 Å². The van der Waals surface area contributed by atoms with Crippen molar-refractivity contribution in [2.24, 2.45) is 0 Å². The summed E-state index contributed by atoms with van der Waals surface area (Å²) in [7, 11) is 0. The Morgan fingerprint density at radius 1 is 1.12 bits per heavy atom. The van der Waals surface area contributed by atoms with E-state index in [-0.39, 0.29) is 11.4 Å². The minimum absolute atomic E-state index is 0.0542. The summed E-state index contributed by atoms with van der Waals surface area (Å²) in [6.07, 6.45) is 0. The molecule has 0 aromatic heterocycles. The summed E-state index contributed by atoms with van der Waals surface area (Å²) in [5.41, 5.74) is 0.993. The van der Waals surface area contributed by atoms with E-state index in [0.29, 0.717) is 11.1 Å². The normalized spacial score (nSPS) is 12.0. The van der Waals surface area contributed by atoms with Crippen LogP contribution in [0.25, 0.3) is 0 Å². The molecule has 0 radical (unpaired) electrons. The van der Waals surface area contributed by atoms with Crippen LogP contribution in [0.3, 0.4) is 0 Å². The van der Waals surface area contributed by atoms with Crippen LogP contribution in [-0.4, -0.2) is 12.6 Å². The average molecular weight is 356 g/mol. The van der Waals surface area contributed by atoms with Crippen LogP contribution in [0.4, 0.5) is 28.0 Å². The van der Waals surface area contributed by atoms with E-state index < -0.39 is 30.3 Å². The number of carbonyl (C=O) groups is 1. The molecule has 0 aliphatic heterocycles. The lowest BCUT2D eigenvalue weighted by Gasteiger charge is -2.17. The van der Waals surface area contributed by atoms with Gasteiger partial charge in [-0.25, -0.2) is 13.6 Å². The first-order valence-corrected chi connectivity index (χ1v) is 7.35. The minimum atomic E-state index is -2.98. The van der Waals surface area contributed by atoms with Crippen molar-refractivity contribution >= 4 is 11.7 Å². The largest absolute Gasteiger partial charge is 0.434 e. The van der Waals surface area contributed by atoms with Gasteiger partial charge >= 0.3 is 12.6 Å². The number of alkyl halides is 2. The zero-order valence-corrected chi connectivity index (χ0v) is 13.4. The van der Waals surface area contributed by atoms with Crippen LogP contribution < -0.4 is 15.4 Å². The topological polar surface area (TPSA) is 50.4 Å². The first-order chi connectivity index (χ1) is 11.8. The maximum absolute atomic E-state index is 13.2. The smallest absolute Gasteiger partial charge is 0.387 e. The molecule has 4 nitrogen and oxygen atoms in total. The molecule has 0 bridgehead atoms. The van der Waals surface area contributed by atoms with E-state index in [9.17, 15) is 22.4 Å². The number of benzene rings is 2. The van der Waals surface area contributed by atoms with Crippen LogP contribution in [0.2, 0.25) is 0 Å². The van der Waals surface area contributed by atoms with Crippen LogP contribution in [0.1, 0.15) is 24.1 Å². The molecule has 0 heterocycles. The molecule has 2 aromatic carbocycles. The van der Waals surface area contributed by atoms with Crippen molar-refractivity contribution in [2.75, 3.05) is 5.32 Å². The Balaban J connectivity index is 2.06. The lowest BCUT2D eigenvalue weighted by molar-refractivity contribution is -0.0502. The van der Waals surface area contributed by atoms with Crippen LogP contribution in [0, 0.1) is 18.6 Å². The van der Waals surface area contributed by atoms with Crippen LogP contribution in [-0.2, 0) is 0 Å². The Labute approximate surface area is 141 Å². The quantitative estimate of drug-likeness (QED) is 0.759. The number of carbonyl (C=O) groups excluding carboxylic acids is 1. The van der Waals surface area contributed by atoms with Crippen molar-refractivity contribution in [3.63, 3.8) is 0 Å². The van der Waals surface area contributed by atoms with E-state index in [4.69, 9.17) is 0 Å². The van der Waals surface area contributed by atoms with Gasteiger partial charge in [-0.15, -0.1) is 0 Å². The van der Waals surface area contributed by atoms with Gasteiger partial charge in [-0.2, -0.15) is 8.78 Å². The number of anilines is 1. The van der Waals surface area contributed by atoms with Gasteiger partial charge in [0.2, 0.25) is 0 Å². The Kier molecular flexibility index (Phi) is 5.84. The number of nitrogens with one attached hydrogen (secondary N) is 2. The highest BCUT2D eigenvalue weighted by molar-refractivity contribution is 5.90. The fourth-order valence-electron chi connectivity index (χ4n) is 2.19. The molecule has 0 saturated carbocycles. The lowest BCUT2D eigenvalue weighted by Crippen LogP contribution is -2.31. The zero-order chi connectivity index (χ0) is 18.6. The number of amides is 2. The predicted molar refractivity (Wildman–Crippen MR) is 84.7 cm³/mol. The van der Waals surface area contributed by atoms with Gasteiger partial charge in [-0.05, 0) is 43.7 Å². The van der Waals surface area contributed by atoms with Crippen molar-refractivity contribution in [3.05, 3.63) is 59.2 Å². The van der Waals surface area contributed by atoms with Crippen LogP contribution in [0.15, 0.2) is 36.4 Å². The molecule has 25 heavy (non-hydrogen) atoms. The predicted octanol–water partition coefficient (Wildman–Crippen LogP) is 4.76. The third-order valence-electron chi connectivity index (χ3n) is 3.54. The van der Waals surface area contributed by atoms with E-state index in [1.54, 1.807) is 6.92 Å². The number of ether oxygens (including phenoxy) is 1. The number of hydrogen-bond donors (Lipinski definition) is 2. The molecular formula is C17H16F4N2O2. The third kappa shape index (κ3) is 4.85. The standard InChI is InChI=1S/C17H16F4N2O2/c1-9-14(4-3-5-15(9)25-16(20)21)23-17(24)22-10(2)11-6-7-12(18)13(19)8-11/h3-8,10,16H,1-2H3,(H2,22,23,24). The SMILES string of the molecule is Cc1c(NC(=O)NC(C)c2ccc(F)c(F)c2)cccc1OC(F)F. The molecule has 2 amide bonds. The summed E-state index contributed by atoms with van der Waals surface area (Å²) in [5, 5.41) is 5.06. The highest BCUT2D eigenvalue weighted by Gasteiger charge is 2.15. The van der Waals surface area contributed by atoms with Crippen LogP contribution in [0.5, 0.6) is 5.75 Å². The number of rotatable bonds is 5. The first kappa shape index (κ1) is 18.6. The highest BCUT2D eigenvalue weighted by atomic mass is 19.3. The van der Waals surface area contributed by atoms with Crippen LogP contribution >= 0.6 is 0 Å². The van der Waals surface area contributed by atoms with Gasteiger partial charge in [-0.1, -0.05) is 12.1 Å². The van der Waals surface area contributed by atoms with Gasteiger partial charge in [0.1, 0.15) is 5.75 Å². The molecule has 0 fully saturated rings. The second kappa shape index (κ2) is 7.87. The fraction of sp³-hybridized carbons (Fsp3) is 0.235. The maximum atomic E-state index is 13.2. The Hall–Kier alpha value is -2.77. The minimum Gasteiger partial charge on any atom is -0.434 e. The van der Waals surface area contributed by atoms with E-state index in [2.05, 4.69) is 15.4 Å². The molecule has 0 spiro atoms. The Morgan fingerprint density at radius 2 is 1.84 bits per heavy atom. The van der Waals surface area contributed by atoms with Crippen molar-refractivity contribution in [1.82, 2.24) is 5.32 Å². The fourth-order valence-corrected chi connectivity index (χ4v) is 2.19. The van der Waals surface area contributed by atoms with E-state index >= 15 is 0 Å². The van der Waals surface area contributed by atoms with E-state index in [1.165, 1.54) is 31.2 Å². The number of halogens is 4. The molecule has 0 aliphatic carbocycles. The molecule has 1 unspecified atom stereocenters. The Morgan fingerprint density at radius 3 is 2.48 bits per heavy atom. The Bertz CT molecular complexity index is 768. The summed E-state index contributed by atoms with van der Waals surface area (Å²) in [5.74, 6) is -2.05. The second-order valence-electron chi connectivity index (χ2n) is 5.30. The van der Waals surface area contributed by atoms with Crippen molar-refractivity contribution in [1.29, 1.82) is 0 Å². The van der Waals surface area contributed by atoms with Crippen molar-refractivity contribution < 1.29 is 27.1 Å². The zero-order valence-electron chi connectivity index (χ0n) is 13.4. The van der Waals surface area contributed by atoms with Crippen molar-refractivity contribution in [3.8, 4) is 5.75 Å². The molecule has 134 valence electrons. The monoisotopic (exact) mass is 356 g/mol. The van der Waals surface area contributed by atoms with Crippen molar-refractivity contribution in [2.45, 2.75) is 26.5 Å². The van der Waals surface area contributed by atoms with Gasteiger partial charge in [0.05, 0.1) is 6.04 Å². The molecule has 0 saturated heterocycles. The molecule has 0 aliphatic rings. The number of urea groups is 1. The lowest BCUT2D eigenvalue weighted by atomic mass is 10.1. The molecule has 8 heteroatoms. The molecule has 2 aromatic rings. The summed E-state index contributed by atoms with van der Waals surface area (Å²) >= 11 is 0. The number of hydrogen-bond acceptors (Lipinski definition) is 2. The second-order valence-corrected chi connectivity index (χ2v) is 5.30. The van der Waals surface area contributed by atoms with Gasteiger partial charge in [0.15, 0.2) is 11.6 Å². The summed E-state index contributed by atoms with van der Waals surface area (Å²) < 4.78 is 55.2. The molecule has 2 rings (SSSR count). The first-order valence-electron chi connectivity index (χ1n) is 7.35. The van der Waals surface area contributed by atoms with Gasteiger partial charge in [0, 0.05) is 11.3 Å². The third-order valence-corrected chi connectivity index (χ3v) is 3.54. The summed E-state index contributed by atoms with van der Waals surface area (Å²) in [6.45, 7) is 0.137. The van der Waals surface area contributed by atoms with E-state index in [1.807, 2.05) is 0 Å². The molecule has 1 atom stereocenters. The van der Waals surface area contributed by atoms with Gasteiger partial charge in [-0.3, -0.25) is 0 Å². The average Bonchev–Trinajstić information content (AvgIpc) is 2.53. The molecule has 2 N–H and O–H groups in total.